The molecule has 0 fully saturated rings. The zero-order valence-electron chi connectivity index (χ0n) is 10.3. The van der Waals surface area contributed by atoms with Crippen molar-refractivity contribution in [3.63, 3.8) is 0 Å². The number of nitrogens with zero attached hydrogens (tertiary/aromatic N) is 3. The van der Waals surface area contributed by atoms with E-state index in [1.807, 2.05) is 0 Å². The summed E-state index contributed by atoms with van der Waals surface area (Å²) in [6.07, 6.45) is -4.83. The van der Waals surface area contributed by atoms with Gasteiger partial charge in [0.25, 0.3) is 11.9 Å². The topological polar surface area (TPSA) is 54.5 Å². The summed E-state index contributed by atoms with van der Waals surface area (Å²) in [5.41, 5.74) is -1.98. The molecule has 0 atom stereocenters. The molecule has 0 amide bonds. The number of hydrogen-bond acceptors (Lipinski definition) is 3. The van der Waals surface area contributed by atoms with E-state index in [9.17, 15) is 26.3 Å². The summed E-state index contributed by atoms with van der Waals surface area (Å²) in [7, 11) is 0. The normalized spacial score (nSPS) is 12.1. The van der Waals surface area contributed by atoms with Crippen LogP contribution < -0.4 is 0 Å². The molecular formula is C12H4F6N4. The third kappa shape index (κ3) is 2.36. The molecule has 1 N–H and O–H groups in total. The lowest BCUT2D eigenvalue weighted by molar-refractivity contribution is -0.139. The van der Waals surface area contributed by atoms with Gasteiger partial charge in [0.2, 0.25) is 5.65 Å². The molecule has 2 heterocycles. The Hall–Kier alpha value is -2.65. The van der Waals surface area contributed by atoms with Crippen molar-refractivity contribution in [2.45, 2.75) is 6.18 Å². The monoisotopic (exact) mass is 318 g/mol. The maximum absolute atomic E-state index is 13.5. The van der Waals surface area contributed by atoms with Gasteiger partial charge in [0.05, 0.1) is 5.56 Å². The Labute approximate surface area is 117 Å². The van der Waals surface area contributed by atoms with Crippen molar-refractivity contribution < 1.29 is 26.3 Å². The van der Waals surface area contributed by atoms with E-state index in [0.717, 1.165) is 6.07 Å². The summed E-state index contributed by atoms with van der Waals surface area (Å²) in [6.45, 7) is 0. The van der Waals surface area contributed by atoms with Crippen molar-refractivity contribution in [2.24, 2.45) is 0 Å². The van der Waals surface area contributed by atoms with E-state index in [0.29, 0.717) is 12.1 Å². The first-order valence-electron chi connectivity index (χ1n) is 5.71. The molecule has 0 radical (unpaired) electrons. The standard InChI is InChI=1S/C12H4F6N4/c13-6-3-4(1-2-5(6)12(16,17)18)9-21-10-11(22-9)20-8(15)7(14)19-10/h1-3H,(H,19,20,21,22). The van der Waals surface area contributed by atoms with Crippen molar-refractivity contribution in [1.82, 2.24) is 19.9 Å². The average Bonchev–Trinajstić information content (AvgIpc) is 2.80. The number of H-pyrrole nitrogens is 1. The van der Waals surface area contributed by atoms with Crippen LogP contribution in [-0.2, 0) is 6.18 Å². The molecule has 0 bridgehead atoms. The Morgan fingerprint density at radius 1 is 0.909 bits per heavy atom. The molecule has 0 spiro atoms. The Balaban J connectivity index is 2.10. The largest absolute Gasteiger partial charge is 0.419 e. The molecule has 1 aromatic carbocycles. The first-order valence-corrected chi connectivity index (χ1v) is 5.71. The Bertz CT molecular complexity index is 831. The maximum Gasteiger partial charge on any atom is 0.419 e. The van der Waals surface area contributed by atoms with Crippen LogP contribution in [0, 0.1) is 17.7 Å². The van der Waals surface area contributed by atoms with Gasteiger partial charge >= 0.3 is 6.18 Å². The highest BCUT2D eigenvalue weighted by Crippen LogP contribution is 2.33. The molecule has 0 aliphatic heterocycles. The van der Waals surface area contributed by atoms with Gasteiger partial charge in [-0.05, 0) is 12.1 Å². The fraction of sp³-hybridized carbons (Fsp3) is 0.0833. The van der Waals surface area contributed by atoms with Crippen LogP contribution in [-0.4, -0.2) is 19.9 Å². The summed E-state index contributed by atoms with van der Waals surface area (Å²) in [5, 5.41) is 0. The number of fused-ring (bicyclic) bond motifs is 1. The van der Waals surface area contributed by atoms with Gasteiger partial charge in [0, 0.05) is 5.56 Å². The van der Waals surface area contributed by atoms with Crippen LogP contribution in [0.2, 0.25) is 0 Å². The first-order chi connectivity index (χ1) is 10.3. The van der Waals surface area contributed by atoms with E-state index in [-0.39, 0.29) is 22.7 Å². The van der Waals surface area contributed by atoms with Crippen LogP contribution in [0.1, 0.15) is 5.56 Å². The lowest BCUT2D eigenvalue weighted by Crippen LogP contribution is -2.07. The molecule has 0 unspecified atom stereocenters. The summed E-state index contributed by atoms with van der Waals surface area (Å²) in [5.74, 6) is -4.54. The van der Waals surface area contributed by atoms with Crippen LogP contribution in [0.3, 0.4) is 0 Å². The Kier molecular flexibility index (Phi) is 3.04. The molecule has 114 valence electrons. The van der Waals surface area contributed by atoms with Crippen LogP contribution in [0.4, 0.5) is 26.3 Å². The number of benzene rings is 1. The number of aromatic amines is 1. The second-order valence-corrected chi connectivity index (χ2v) is 4.26. The van der Waals surface area contributed by atoms with E-state index < -0.39 is 29.5 Å². The molecule has 0 aliphatic carbocycles. The molecule has 10 heteroatoms. The van der Waals surface area contributed by atoms with Gasteiger partial charge in [0.15, 0.2) is 5.65 Å². The highest BCUT2D eigenvalue weighted by molar-refractivity contribution is 5.72. The zero-order valence-corrected chi connectivity index (χ0v) is 10.3. The van der Waals surface area contributed by atoms with E-state index >= 15 is 0 Å². The van der Waals surface area contributed by atoms with Crippen LogP contribution in [0.25, 0.3) is 22.7 Å². The SMILES string of the molecule is Fc1cc(-c2nc3nc(F)c(F)nc3[nH]2)ccc1C(F)(F)F. The summed E-state index contributed by atoms with van der Waals surface area (Å²) < 4.78 is 76.8. The van der Waals surface area contributed by atoms with Crippen LogP contribution in [0.15, 0.2) is 18.2 Å². The fourth-order valence-electron chi connectivity index (χ4n) is 1.82. The molecule has 0 aliphatic rings. The molecular weight excluding hydrogens is 314 g/mol. The first kappa shape index (κ1) is 14.3. The lowest BCUT2D eigenvalue weighted by Gasteiger charge is -2.08. The van der Waals surface area contributed by atoms with Gasteiger partial charge < -0.3 is 4.98 Å². The van der Waals surface area contributed by atoms with Crippen molar-refractivity contribution in [2.75, 3.05) is 0 Å². The number of aromatic nitrogens is 4. The quantitative estimate of drug-likeness (QED) is 0.699. The summed E-state index contributed by atoms with van der Waals surface area (Å²) >= 11 is 0. The van der Waals surface area contributed by atoms with E-state index in [2.05, 4.69) is 19.9 Å². The minimum Gasteiger partial charge on any atom is -0.321 e. The van der Waals surface area contributed by atoms with E-state index in [1.165, 1.54) is 0 Å². The lowest BCUT2D eigenvalue weighted by atomic mass is 10.1. The Morgan fingerprint density at radius 3 is 2.23 bits per heavy atom. The van der Waals surface area contributed by atoms with Crippen LogP contribution in [0.5, 0.6) is 0 Å². The number of rotatable bonds is 1. The second-order valence-electron chi connectivity index (χ2n) is 4.26. The summed E-state index contributed by atoms with van der Waals surface area (Å²) in [4.78, 5) is 12.5. The van der Waals surface area contributed by atoms with E-state index in [4.69, 9.17) is 0 Å². The molecule has 2 aromatic heterocycles. The van der Waals surface area contributed by atoms with Crippen molar-refractivity contribution in [1.29, 1.82) is 0 Å². The third-order valence-electron chi connectivity index (χ3n) is 2.80. The maximum atomic E-state index is 13.5. The predicted molar refractivity (Wildman–Crippen MR) is 62.0 cm³/mol. The minimum atomic E-state index is -4.83. The van der Waals surface area contributed by atoms with Gasteiger partial charge in [-0.25, -0.2) is 9.37 Å². The smallest absolute Gasteiger partial charge is 0.321 e. The van der Waals surface area contributed by atoms with E-state index in [1.54, 1.807) is 0 Å². The fourth-order valence-corrected chi connectivity index (χ4v) is 1.82. The molecule has 3 aromatic rings. The number of nitrogens with one attached hydrogen (secondary N) is 1. The Morgan fingerprint density at radius 2 is 1.59 bits per heavy atom. The molecule has 22 heavy (non-hydrogen) atoms. The van der Waals surface area contributed by atoms with Crippen LogP contribution >= 0.6 is 0 Å². The third-order valence-corrected chi connectivity index (χ3v) is 2.80. The van der Waals surface area contributed by atoms with Gasteiger partial charge in [-0.2, -0.15) is 31.9 Å². The van der Waals surface area contributed by atoms with Gasteiger partial charge in [0.1, 0.15) is 11.6 Å². The highest BCUT2D eigenvalue weighted by Gasteiger charge is 2.34. The molecule has 3 rings (SSSR count). The van der Waals surface area contributed by atoms with Crippen molar-refractivity contribution in [3.8, 4) is 11.4 Å². The predicted octanol–water partition coefficient (Wildman–Crippen LogP) is 3.46. The number of halogens is 6. The minimum absolute atomic E-state index is 0.0499. The molecule has 0 saturated heterocycles. The average molecular weight is 318 g/mol. The second kappa shape index (κ2) is 4.68. The van der Waals surface area contributed by atoms with Gasteiger partial charge in [-0.1, -0.05) is 6.07 Å². The molecule has 0 saturated carbocycles. The number of imidazole rings is 1. The highest BCUT2D eigenvalue weighted by atomic mass is 19.4. The molecule has 4 nitrogen and oxygen atoms in total. The van der Waals surface area contributed by atoms with Crippen molar-refractivity contribution in [3.05, 3.63) is 41.5 Å². The van der Waals surface area contributed by atoms with Crippen molar-refractivity contribution >= 4 is 11.3 Å². The van der Waals surface area contributed by atoms with Gasteiger partial charge in [-0.3, -0.25) is 0 Å². The summed E-state index contributed by atoms with van der Waals surface area (Å²) in [6, 6.07) is 2.11. The number of hydrogen-bond donors (Lipinski definition) is 1. The van der Waals surface area contributed by atoms with Gasteiger partial charge in [-0.15, -0.1) is 0 Å². The zero-order chi connectivity index (χ0) is 16.1. The number of alkyl halides is 3.